The third-order valence-electron chi connectivity index (χ3n) is 6.05. The van der Waals surface area contributed by atoms with Gasteiger partial charge >= 0.3 is 11.9 Å². The van der Waals surface area contributed by atoms with Gasteiger partial charge in [-0.1, -0.05) is 49.6 Å². The highest BCUT2D eigenvalue weighted by molar-refractivity contribution is 6.49. The molecule has 0 aromatic rings. The number of primary amides is 1. The summed E-state index contributed by atoms with van der Waals surface area (Å²) in [6.07, 6.45) is 8.75. The maximum Gasteiger partial charge on any atom is 0.304 e. The molecule has 0 fully saturated rings. The van der Waals surface area contributed by atoms with E-state index in [1.54, 1.807) is 12.2 Å². The highest BCUT2D eigenvalue weighted by atomic mass is 35.5. The van der Waals surface area contributed by atoms with Gasteiger partial charge in [-0.15, -0.1) is 0 Å². The van der Waals surface area contributed by atoms with Crippen LogP contribution in [0.3, 0.4) is 0 Å². The van der Waals surface area contributed by atoms with Crippen molar-refractivity contribution in [2.75, 3.05) is 0 Å². The summed E-state index contributed by atoms with van der Waals surface area (Å²) in [6, 6.07) is -1.12. The molecule has 1 aliphatic carbocycles. The van der Waals surface area contributed by atoms with Crippen LogP contribution in [0.4, 0.5) is 0 Å². The number of carbonyl (C=O) groups excluding carboxylic acids is 4. The highest BCUT2D eigenvalue weighted by Crippen LogP contribution is 2.40. The number of carbonyl (C=O) groups is 5. The lowest BCUT2D eigenvalue weighted by atomic mass is 9.79. The molecule has 36 heavy (non-hydrogen) atoms. The first kappa shape index (κ1) is 28.8. The molecular weight excluding hydrogens is 488 g/mol. The summed E-state index contributed by atoms with van der Waals surface area (Å²) in [6.45, 7) is 8.25. The number of amides is 1. The van der Waals surface area contributed by atoms with Crippen LogP contribution in [0.15, 0.2) is 58.0 Å². The Bertz CT molecular complexity index is 1140. The van der Waals surface area contributed by atoms with E-state index in [0.717, 1.165) is 25.8 Å². The van der Waals surface area contributed by atoms with E-state index < -0.39 is 41.1 Å². The number of halogens is 1. The van der Waals surface area contributed by atoms with Crippen LogP contribution in [0.5, 0.6) is 0 Å². The van der Waals surface area contributed by atoms with Gasteiger partial charge in [-0.2, -0.15) is 0 Å². The molecule has 1 amide bonds. The molecule has 0 unspecified atom stereocenters. The SMILES string of the molecule is CC[C@H](C)/C=C(C)/C=C/C1=CC2=C(Cl)C(=O)[C@](C)(OC(C)=O)C(=O)C2=CN1[C@@H](CCC(=O)O)C(N)=O. The molecule has 1 heterocycles. The topological polar surface area (TPSA) is 144 Å². The first-order valence-corrected chi connectivity index (χ1v) is 11.9. The number of Topliss-reactive ketones (excluding diaryl/α,β-unsaturated/α-hetero) is 2. The number of hydrogen-bond acceptors (Lipinski definition) is 7. The zero-order chi connectivity index (χ0) is 27.4. The third-order valence-corrected chi connectivity index (χ3v) is 6.42. The maximum absolute atomic E-state index is 13.4. The largest absolute Gasteiger partial charge is 0.481 e. The number of esters is 1. The van der Waals surface area contributed by atoms with Gasteiger partial charge in [-0.3, -0.25) is 24.0 Å². The number of allylic oxidation sites excluding steroid dienone is 6. The summed E-state index contributed by atoms with van der Waals surface area (Å²) in [5, 5.41) is 8.85. The van der Waals surface area contributed by atoms with Crippen LogP contribution in [0.2, 0.25) is 0 Å². The van der Waals surface area contributed by atoms with E-state index >= 15 is 0 Å². The minimum atomic E-state index is -2.18. The Morgan fingerprint density at radius 3 is 2.42 bits per heavy atom. The summed E-state index contributed by atoms with van der Waals surface area (Å²) in [5.74, 6) is -4.13. The monoisotopic (exact) mass is 518 g/mol. The quantitative estimate of drug-likeness (QED) is 0.254. The van der Waals surface area contributed by atoms with E-state index in [0.29, 0.717) is 11.6 Å². The van der Waals surface area contributed by atoms with Crippen LogP contribution in [0, 0.1) is 5.92 Å². The van der Waals surface area contributed by atoms with Gasteiger partial charge in [0.1, 0.15) is 6.04 Å². The molecule has 3 atom stereocenters. The number of carboxylic acid groups (broad SMARTS) is 1. The molecular formula is C26H31ClN2O7. The molecule has 0 bridgehead atoms. The van der Waals surface area contributed by atoms with Gasteiger partial charge in [0.15, 0.2) is 0 Å². The van der Waals surface area contributed by atoms with Crippen molar-refractivity contribution in [3.05, 3.63) is 58.0 Å². The fourth-order valence-corrected chi connectivity index (χ4v) is 4.28. The van der Waals surface area contributed by atoms with Crippen LogP contribution < -0.4 is 5.73 Å². The van der Waals surface area contributed by atoms with Gasteiger partial charge in [0.2, 0.25) is 23.1 Å². The van der Waals surface area contributed by atoms with Crippen LogP contribution in [0.25, 0.3) is 0 Å². The minimum Gasteiger partial charge on any atom is -0.481 e. The Morgan fingerprint density at radius 1 is 1.25 bits per heavy atom. The zero-order valence-electron chi connectivity index (χ0n) is 21.0. The molecule has 10 heteroatoms. The first-order chi connectivity index (χ1) is 16.7. The zero-order valence-corrected chi connectivity index (χ0v) is 21.7. The molecule has 0 saturated heterocycles. The van der Waals surface area contributed by atoms with E-state index in [1.165, 1.54) is 17.2 Å². The van der Waals surface area contributed by atoms with Crippen molar-refractivity contribution in [1.82, 2.24) is 4.90 Å². The highest BCUT2D eigenvalue weighted by Gasteiger charge is 2.52. The van der Waals surface area contributed by atoms with Crippen LogP contribution in [-0.4, -0.2) is 51.1 Å². The lowest BCUT2D eigenvalue weighted by Crippen LogP contribution is -2.52. The average molecular weight is 519 g/mol. The lowest BCUT2D eigenvalue weighted by Gasteiger charge is -2.37. The number of fused-ring (bicyclic) bond motifs is 1. The van der Waals surface area contributed by atoms with E-state index in [-0.39, 0.29) is 29.0 Å². The fourth-order valence-electron chi connectivity index (χ4n) is 3.94. The van der Waals surface area contributed by atoms with Crippen molar-refractivity contribution in [3.63, 3.8) is 0 Å². The van der Waals surface area contributed by atoms with Crippen molar-refractivity contribution in [2.45, 2.75) is 65.5 Å². The number of carboxylic acids is 1. The van der Waals surface area contributed by atoms with Gasteiger partial charge in [-0.25, -0.2) is 0 Å². The van der Waals surface area contributed by atoms with Crippen molar-refractivity contribution in [1.29, 1.82) is 0 Å². The van der Waals surface area contributed by atoms with Gasteiger partial charge in [-0.05, 0) is 38.3 Å². The number of rotatable bonds is 10. The van der Waals surface area contributed by atoms with E-state index in [4.69, 9.17) is 27.2 Å². The second-order valence-electron chi connectivity index (χ2n) is 9.01. The fraction of sp³-hybridized carbons (Fsp3) is 0.423. The van der Waals surface area contributed by atoms with Gasteiger partial charge in [0, 0.05) is 36.4 Å². The Hall–Kier alpha value is -3.46. The predicted octanol–water partition coefficient (Wildman–Crippen LogP) is 3.30. The Labute approximate surface area is 215 Å². The van der Waals surface area contributed by atoms with Crippen molar-refractivity contribution in [2.24, 2.45) is 11.7 Å². The molecule has 0 spiro atoms. The maximum atomic E-state index is 13.4. The lowest BCUT2D eigenvalue weighted by molar-refractivity contribution is -0.167. The molecule has 0 aromatic carbocycles. The molecule has 2 rings (SSSR count). The smallest absolute Gasteiger partial charge is 0.304 e. The van der Waals surface area contributed by atoms with Crippen LogP contribution >= 0.6 is 11.6 Å². The minimum absolute atomic E-state index is 0.0612. The second kappa shape index (κ2) is 11.5. The normalized spacial score (nSPS) is 22.2. The number of nitrogens with two attached hydrogens (primary N) is 1. The number of hydrogen-bond donors (Lipinski definition) is 2. The Kier molecular flexibility index (Phi) is 9.21. The molecule has 0 radical (unpaired) electrons. The summed E-state index contributed by atoms with van der Waals surface area (Å²) in [4.78, 5) is 62.9. The summed E-state index contributed by atoms with van der Waals surface area (Å²) in [5.41, 5.74) is 4.79. The predicted molar refractivity (Wildman–Crippen MR) is 133 cm³/mol. The molecule has 3 N–H and O–H groups in total. The third kappa shape index (κ3) is 6.20. The molecule has 9 nitrogen and oxygen atoms in total. The van der Waals surface area contributed by atoms with Crippen molar-refractivity contribution < 1.29 is 33.8 Å². The summed E-state index contributed by atoms with van der Waals surface area (Å²) >= 11 is 6.36. The van der Waals surface area contributed by atoms with E-state index in [1.807, 2.05) is 6.92 Å². The molecule has 194 valence electrons. The van der Waals surface area contributed by atoms with Crippen LogP contribution in [-0.2, 0) is 28.7 Å². The average Bonchev–Trinajstić information content (AvgIpc) is 2.79. The van der Waals surface area contributed by atoms with Crippen LogP contribution in [0.1, 0.15) is 53.9 Å². The van der Waals surface area contributed by atoms with Crippen molar-refractivity contribution in [3.8, 4) is 0 Å². The van der Waals surface area contributed by atoms with Gasteiger partial charge < -0.3 is 20.5 Å². The number of nitrogens with zero attached hydrogens (tertiary/aromatic N) is 1. The molecule has 2 aliphatic rings. The summed E-state index contributed by atoms with van der Waals surface area (Å²) < 4.78 is 5.07. The van der Waals surface area contributed by atoms with Gasteiger partial charge in [0.05, 0.1) is 5.03 Å². The molecule has 0 aromatic heterocycles. The standard InChI is InChI=1S/C26H31ClN2O7/c1-6-14(2)11-15(3)7-8-17-12-18-19(13-29(17)20(25(28)35)9-10-21(31)32)23(33)26(5,36-16(4)30)24(34)22(18)27/h7-8,11-14,20H,6,9-10H2,1-5H3,(H2,28,35)(H,31,32)/b8-7+,15-11+/t14-,20-,26+/m0/s1. The second-order valence-corrected chi connectivity index (χ2v) is 9.39. The first-order valence-electron chi connectivity index (χ1n) is 11.5. The van der Waals surface area contributed by atoms with Gasteiger partial charge in [0.25, 0.3) is 0 Å². The Morgan fingerprint density at radius 2 is 1.89 bits per heavy atom. The number of ketones is 2. The van der Waals surface area contributed by atoms with Crippen molar-refractivity contribution >= 4 is 41.0 Å². The Balaban J connectivity index is 2.70. The molecule has 0 saturated carbocycles. The van der Waals surface area contributed by atoms with E-state index in [9.17, 15) is 24.0 Å². The number of aliphatic carboxylic acids is 1. The van der Waals surface area contributed by atoms with E-state index in [2.05, 4.69) is 19.9 Å². The molecule has 1 aliphatic heterocycles. The summed E-state index contributed by atoms with van der Waals surface area (Å²) in [7, 11) is 0. The number of ether oxygens (including phenoxy) is 1.